The van der Waals surface area contributed by atoms with Gasteiger partial charge in [-0.25, -0.2) is 0 Å². The molecule has 0 saturated heterocycles. The van der Waals surface area contributed by atoms with E-state index < -0.39 is 0 Å². The number of hydrogen-bond donors (Lipinski definition) is 0. The SMILES string of the molecule is CCCCOc1ccc(PC(=O)c2c(Cl)cccc2Cl)c(C)c1.[LiH]. The fourth-order valence-electron chi connectivity index (χ4n) is 2.10. The maximum atomic E-state index is 12.5. The second-order valence-electron chi connectivity index (χ2n) is 5.23. The first-order valence-electron chi connectivity index (χ1n) is 7.51. The number of unbranched alkanes of at least 4 members (excludes halogenated alkanes) is 1. The van der Waals surface area contributed by atoms with Gasteiger partial charge in [-0.05, 0) is 57.1 Å². The van der Waals surface area contributed by atoms with Gasteiger partial charge in [0.15, 0.2) is 5.52 Å². The van der Waals surface area contributed by atoms with Crippen LogP contribution in [-0.4, -0.2) is 31.0 Å². The van der Waals surface area contributed by atoms with Crippen LogP contribution in [0.1, 0.15) is 35.7 Å². The van der Waals surface area contributed by atoms with Crippen LogP contribution in [0.3, 0.4) is 0 Å². The molecule has 0 heterocycles. The standard InChI is InChI=1S/C18H19Cl2O2P.Li.H/c1-3-4-10-22-13-8-9-16(12(2)11-13)23-18(21)17-14(19)6-5-7-15(17)20;;/h5-9,11,23H,3-4,10H2,1-2H3;;. The van der Waals surface area contributed by atoms with Gasteiger partial charge in [-0.15, -0.1) is 0 Å². The van der Waals surface area contributed by atoms with Gasteiger partial charge in [-0.3, -0.25) is 4.79 Å². The molecule has 24 heavy (non-hydrogen) atoms. The predicted octanol–water partition coefficient (Wildman–Crippen LogP) is 4.98. The molecule has 0 saturated carbocycles. The molecule has 124 valence electrons. The number of benzene rings is 2. The Labute approximate surface area is 167 Å². The molecule has 2 nitrogen and oxygen atoms in total. The molecule has 0 spiro atoms. The average molecular weight is 377 g/mol. The molecule has 0 aromatic heterocycles. The van der Waals surface area contributed by atoms with Gasteiger partial charge < -0.3 is 4.74 Å². The third kappa shape index (κ3) is 5.80. The van der Waals surface area contributed by atoms with E-state index in [2.05, 4.69) is 6.92 Å². The Morgan fingerprint density at radius 2 is 1.83 bits per heavy atom. The zero-order chi connectivity index (χ0) is 16.8. The first-order valence-corrected chi connectivity index (χ1v) is 9.27. The van der Waals surface area contributed by atoms with Crippen LogP contribution in [0.5, 0.6) is 5.75 Å². The van der Waals surface area contributed by atoms with Crippen LogP contribution in [-0.2, 0) is 0 Å². The number of hydrogen-bond acceptors (Lipinski definition) is 2. The summed E-state index contributed by atoms with van der Waals surface area (Å²) in [6.07, 6.45) is 2.14. The van der Waals surface area contributed by atoms with Crippen molar-refractivity contribution in [3.63, 3.8) is 0 Å². The zero-order valence-corrected chi connectivity index (χ0v) is 15.7. The number of carbonyl (C=O) groups excluding carboxylic acids is 1. The quantitative estimate of drug-likeness (QED) is 0.387. The van der Waals surface area contributed by atoms with Gasteiger partial charge >= 0.3 is 18.9 Å². The summed E-state index contributed by atoms with van der Waals surface area (Å²) in [6, 6.07) is 10.9. The summed E-state index contributed by atoms with van der Waals surface area (Å²) in [5.41, 5.74) is 1.38. The van der Waals surface area contributed by atoms with E-state index in [1.807, 2.05) is 25.1 Å². The molecule has 0 aliphatic rings. The molecule has 1 unspecified atom stereocenters. The molecule has 2 rings (SSSR count). The molecular formula is C18H20Cl2LiO2P. The predicted molar refractivity (Wildman–Crippen MR) is 107 cm³/mol. The summed E-state index contributed by atoms with van der Waals surface area (Å²) in [7, 11) is -0.0173. The van der Waals surface area contributed by atoms with E-state index in [9.17, 15) is 4.79 Å². The van der Waals surface area contributed by atoms with Gasteiger partial charge in [-0.1, -0.05) is 48.7 Å². The molecule has 0 aliphatic carbocycles. The van der Waals surface area contributed by atoms with Crippen molar-refractivity contribution >= 4 is 61.5 Å². The van der Waals surface area contributed by atoms with Crippen molar-refractivity contribution in [1.82, 2.24) is 0 Å². The van der Waals surface area contributed by atoms with E-state index in [1.54, 1.807) is 18.2 Å². The molecular weight excluding hydrogens is 357 g/mol. The fraction of sp³-hybridized carbons (Fsp3) is 0.278. The Kier molecular flexibility index (Phi) is 9.43. The summed E-state index contributed by atoms with van der Waals surface area (Å²) < 4.78 is 5.69. The molecule has 0 bridgehead atoms. The fourth-order valence-corrected chi connectivity index (χ4v) is 3.90. The molecule has 2 aromatic carbocycles. The van der Waals surface area contributed by atoms with E-state index >= 15 is 0 Å². The van der Waals surface area contributed by atoms with Crippen LogP contribution in [0.4, 0.5) is 0 Å². The summed E-state index contributed by atoms with van der Waals surface area (Å²) >= 11 is 12.2. The van der Waals surface area contributed by atoms with Gasteiger partial charge in [0.25, 0.3) is 0 Å². The van der Waals surface area contributed by atoms with Crippen LogP contribution < -0.4 is 10.0 Å². The normalized spacial score (nSPS) is 10.7. The number of ether oxygens (including phenoxy) is 1. The Bertz CT molecular complexity index is 687. The molecule has 0 fully saturated rings. The monoisotopic (exact) mass is 376 g/mol. The Hall–Kier alpha value is -0.483. The Morgan fingerprint density at radius 3 is 2.42 bits per heavy atom. The van der Waals surface area contributed by atoms with Crippen molar-refractivity contribution in [3.8, 4) is 5.75 Å². The molecule has 0 N–H and O–H groups in total. The topological polar surface area (TPSA) is 26.3 Å². The van der Waals surface area contributed by atoms with Crippen molar-refractivity contribution in [2.24, 2.45) is 0 Å². The van der Waals surface area contributed by atoms with Crippen molar-refractivity contribution in [3.05, 3.63) is 57.6 Å². The average Bonchev–Trinajstić information content (AvgIpc) is 2.50. The van der Waals surface area contributed by atoms with Crippen molar-refractivity contribution in [2.45, 2.75) is 26.7 Å². The molecule has 0 aliphatic heterocycles. The second kappa shape index (κ2) is 10.5. The molecule has 2 aromatic rings. The van der Waals surface area contributed by atoms with Gasteiger partial charge in [0, 0.05) is 0 Å². The second-order valence-corrected chi connectivity index (χ2v) is 7.29. The number of aryl methyl sites for hydroxylation is 1. The van der Waals surface area contributed by atoms with Crippen molar-refractivity contribution < 1.29 is 9.53 Å². The third-order valence-corrected chi connectivity index (χ3v) is 5.34. The summed E-state index contributed by atoms with van der Waals surface area (Å²) in [5, 5.41) is 1.77. The van der Waals surface area contributed by atoms with Crippen LogP contribution in [0.2, 0.25) is 10.0 Å². The van der Waals surface area contributed by atoms with E-state index in [0.29, 0.717) is 22.2 Å². The van der Waals surface area contributed by atoms with Crippen LogP contribution >= 0.6 is 31.8 Å². The summed E-state index contributed by atoms with van der Waals surface area (Å²) in [4.78, 5) is 12.5. The zero-order valence-electron chi connectivity index (χ0n) is 13.2. The first kappa shape index (κ1) is 21.6. The van der Waals surface area contributed by atoms with Gasteiger partial charge in [-0.2, -0.15) is 0 Å². The van der Waals surface area contributed by atoms with Gasteiger partial charge in [0.1, 0.15) is 5.75 Å². The summed E-state index contributed by atoms with van der Waals surface area (Å²) in [6.45, 7) is 4.83. The Balaban J connectivity index is 0.00000288. The first-order chi connectivity index (χ1) is 11.0. The van der Waals surface area contributed by atoms with Crippen LogP contribution in [0.15, 0.2) is 36.4 Å². The van der Waals surface area contributed by atoms with E-state index in [4.69, 9.17) is 27.9 Å². The van der Waals surface area contributed by atoms with Crippen molar-refractivity contribution in [2.75, 3.05) is 6.61 Å². The van der Waals surface area contributed by atoms with E-state index in [0.717, 1.165) is 29.5 Å². The molecule has 1 atom stereocenters. The van der Waals surface area contributed by atoms with Gasteiger partial charge in [0.2, 0.25) is 0 Å². The minimum absolute atomic E-state index is 0. The third-order valence-electron chi connectivity index (χ3n) is 3.40. The molecule has 0 radical (unpaired) electrons. The Morgan fingerprint density at radius 1 is 1.17 bits per heavy atom. The van der Waals surface area contributed by atoms with Crippen molar-refractivity contribution in [1.29, 1.82) is 0 Å². The number of carbonyl (C=O) groups is 1. The van der Waals surface area contributed by atoms with Crippen LogP contribution in [0.25, 0.3) is 0 Å². The van der Waals surface area contributed by atoms with E-state index in [-0.39, 0.29) is 33.0 Å². The summed E-state index contributed by atoms with van der Waals surface area (Å²) in [5.74, 6) is 0.840. The van der Waals surface area contributed by atoms with E-state index in [1.165, 1.54) is 0 Å². The minimum atomic E-state index is -0.0525. The maximum absolute atomic E-state index is 12.5. The number of halogens is 2. The van der Waals surface area contributed by atoms with Crippen LogP contribution in [0, 0.1) is 6.92 Å². The van der Waals surface area contributed by atoms with Gasteiger partial charge in [0.05, 0.1) is 22.2 Å². The number of rotatable bonds is 7. The molecule has 6 heteroatoms. The molecule has 0 amide bonds.